The monoisotopic (exact) mass is 326 g/mol. The lowest BCUT2D eigenvalue weighted by Crippen LogP contribution is -2.00. The molecule has 0 aliphatic heterocycles. The van der Waals surface area contributed by atoms with Gasteiger partial charge >= 0.3 is 0 Å². The summed E-state index contributed by atoms with van der Waals surface area (Å²) in [6, 6.07) is 8.47. The number of rotatable bonds is 3. The highest BCUT2D eigenvalue weighted by Gasteiger charge is 2.06. The molecule has 0 unspecified atom stereocenters. The second-order valence-electron chi connectivity index (χ2n) is 3.68. The van der Waals surface area contributed by atoms with E-state index < -0.39 is 0 Å². The first-order chi connectivity index (χ1) is 7.76. The highest BCUT2D eigenvalue weighted by atomic mass is 127. The van der Waals surface area contributed by atoms with E-state index in [2.05, 4.69) is 71.0 Å². The van der Waals surface area contributed by atoms with E-state index in [9.17, 15) is 0 Å². The lowest BCUT2D eigenvalue weighted by Gasteiger charge is -2.10. The van der Waals surface area contributed by atoms with Crippen LogP contribution < -0.4 is 5.32 Å². The van der Waals surface area contributed by atoms with Crippen molar-refractivity contribution in [1.29, 1.82) is 0 Å². The van der Waals surface area contributed by atoms with E-state index in [4.69, 9.17) is 0 Å². The molecule has 0 fully saturated rings. The maximum Gasteiger partial charge on any atom is 0.0859 e. The summed E-state index contributed by atoms with van der Waals surface area (Å²) in [7, 11) is 0. The van der Waals surface area contributed by atoms with Gasteiger partial charge in [-0.15, -0.1) is 0 Å². The number of nitrogens with one attached hydrogen (secondary N) is 1. The second-order valence-corrected chi connectivity index (χ2v) is 4.84. The van der Waals surface area contributed by atoms with Crippen LogP contribution in [0.4, 0.5) is 5.69 Å². The van der Waals surface area contributed by atoms with Crippen LogP contribution in [0.25, 0.3) is 10.9 Å². The number of aromatic nitrogens is 1. The summed E-state index contributed by atoms with van der Waals surface area (Å²) in [6.07, 6.45) is 0.972. The van der Waals surface area contributed by atoms with Gasteiger partial charge in [0.15, 0.2) is 0 Å². The smallest absolute Gasteiger partial charge is 0.0859 e. The molecule has 16 heavy (non-hydrogen) atoms. The molecule has 1 heterocycles. The molecular weight excluding hydrogens is 311 g/mol. The van der Waals surface area contributed by atoms with Crippen molar-refractivity contribution in [2.75, 3.05) is 11.9 Å². The first-order valence-corrected chi connectivity index (χ1v) is 6.66. The van der Waals surface area contributed by atoms with Crippen LogP contribution in [0, 0.1) is 3.57 Å². The van der Waals surface area contributed by atoms with Crippen LogP contribution in [0.3, 0.4) is 0 Å². The highest BCUT2D eigenvalue weighted by molar-refractivity contribution is 14.1. The van der Waals surface area contributed by atoms with Crippen molar-refractivity contribution in [3.05, 3.63) is 33.5 Å². The molecule has 1 N–H and O–H groups in total. The van der Waals surface area contributed by atoms with Gasteiger partial charge in [0.25, 0.3) is 0 Å². The van der Waals surface area contributed by atoms with Gasteiger partial charge in [-0.2, -0.15) is 0 Å². The average molecular weight is 326 g/mol. The average Bonchev–Trinajstić information content (AvgIpc) is 2.30. The Morgan fingerprint density at radius 2 is 2.12 bits per heavy atom. The molecule has 0 atom stereocenters. The largest absolute Gasteiger partial charge is 0.385 e. The van der Waals surface area contributed by atoms with E-state index >= 15 is 0 Å². The molecule has 1 aromatic heterocycles. The van der Waals surface area contributed by atoms with Crippen LogP contribution in [0.5, 0.6) is 0 Å². The Balaban J connectivity index is 2.71. The number of hydrogen-bond acceptors (Lipinski definition) is 2. The van der Waals surface area contributed by atoms with Crippen LogP contribution in [0.15, 0.2) is 24.3 Å². The van der Waals surface area contributed by atoms with Gasteiger partial charge in [-0.3, -0.25) is 4.98 Å². The fourth-order valence-electron chi connectivity index (χ4n) is 1.78. The SMILES string of the molecule is CCNc1cc(CC)nc2c(I)cccc12. The highest BCUT2D eigenvalue weighted by Crippen LogP contribution is 2.26. The third kappa shape index (κ3) is 2.14. The first kappa shape index (κ1) is 11.6. The molecule has 2 rings (SSSR count). The molecule has 1 aromatic carbocycles. The first-order valence-electron chi connectivity index (χ1n) is 5.58. The number of hydrogen-bond donors (Lipinski definition) is 1. The molecule has 2 aromatic rings. The van der Waals surface area contributed by atoms with Gasteiger partial charge in [0, 0.05) is 26.9 Å². The zero-order valence-electron chi connectivity index (χ0n) is 9.55. The Labute approximate surface area is 110 Å². The summed E-state index contributed by atoms with van der Waals surface area (Å²) in [4.78, 5) is 4.69. The number of fused-ring (bicyclic) bond motifs is 1. The van der Waals surface area contributed by atoms with Gasteiger partial charge in [-0.05, 0) is 48.1 Å². The number of anilines is 1. The zero-order valence-corrected chi connectivity index (χ0v) is 11.7. The Morgan fingerprint density at radius 1 is 1.31 bits per heavy atom. The van der Waals surface area contributed by atoms with Crippen molar-refractivity contribution in [1.82, 2.24) is 4.98 Å². The summed E-state index contributed by atoms with van der Waals surface area (Å²) in [6.45, 7) is 5.19. The molecule has 0 bridgehead atoms. The molecule has 3 heteroatoms. The van der Waals surface area contributed by atoms with Crippen molar-refractivity contribution in [3.8, 4) is 0 Å². The number of benzene rings is 1. The Morgan fingerprint density at radius 3 is 2.81 bits per heavy atom. The maximum absolute atomic E-state index is 4.69. The van der Waals surface area contributed by atoms with E-state index in [1.807, 2.05) is 0 Å². The molecule has 0 amide bonds. The summed E-state index contributed by atoms with van der Waals surface area (Å²) in [5, 5.41) is 4.62. The normalized spacial score (nSPS) is 10.7. The van der Waals surface area contributed by atoms with E-state index in [1.54, 1.807) is 0 Å². The predicted octanol–water partition coefficient (Wildman–Crippen LogP) is 3.83. The van der Waals surface area contributed by atoms with Gasteiger partial charge in [-0.1, -0.05) is 19.1 Å². The van der Waals surface area contributed by atoms with Gasteiger partial charge < -0.3 is 5.32 Å². The van der Waals surface area contributed by atoms with Crippen LogP contribution >= 0.6 is 22.6 Å². The number of pyridine rings is 1. The Hall–Kier alpha value is -0.840. The molecule has 0 saturated heterocycles. The molecular formula is C13H15IN2. The van der Waals surface area contributed by atoms with Crippen LogP contribution in [-0.4, -0.2) is 11.5 Å². The van der Waals surface area contributed by atoms with Crippen LogP contribution in [0.2, 0.25) is 0 Å². The molecule has 2 nitrogen and oxygen atoms in total. The van der Waals surface area contributed by atoms with Gasteiger partial charge in [0.1, 0.15) is 0 Å². The molecule has 0 spiro atoms. The summed E-state index contributed by atoms with van der Waals surface area (Å²) < 4.78 is 1.21. The third-order valence-corrected chi connectivity index (χ3v) is 3.44. The molecule has 84 valence electrons. The molecule has 0 aliphatic carbocycles. The second kappa shape index (κ2) is 4.99. The molecule has 0 radical (unpaired) electrons. The van der Waals surface area contributed by atoms with Crippen molar-refractivity contribution in [3.63, 3.8) is 0 Å². The Kier molecular flexibility index (Phi) is 3.63. The lowest BCUT2D eigenvalue weighted by molar-refractivity contribution is 1.05. The van der Waals surface area contributed by atoms with Crippen molar-refractivity contribution >= 4 is 39.2 Å². The minimum absolute atomic E-state index is 0.938. The summed E-state index contributed by atoms with van der Waals surface area (Å²) in [5.74, 6) is 0. The minimum Gasteiger partial charge on any atom is -0.385 e. The summed E-state index contributed by atoms with van der Waals surface area (Å²) >= 11 is 2.35. The van der Waals surface area contributed by atoms with Crippen molar-refractivity contribution in [2.24, 2.45) is 0 Å². The Bertz CT molecular complexity index is 509. The number of aryl methyl sites for hydroxylation is 1. The van der Waals surface area contributed by atoms with Gasteiger partial charge in [0.2, 0.25) is 0 Å². The van der Waals surface area contributed by atoms with Gasteiger partial charge in [0.05, 0.1) is 5.52 Å². The van der Waals surface area contributed by atoms with E-state index in [0.717, 1.165) is 24.2 Å². The van der Waals surface area contributed by atoms with Crippen LogP contribution in [-0.2, 0) is 6.42 Å². The lowest BCUT2D eigenvalue weighted by atomic mass is 10.1. The number of nitrogens with zero attached hydrogens (tertiary/aromatic N) is 1. The molecule has 0 saturated carbocycles. The summed E-state index contributed by atoms with van der Waals surface area (Å²) in [5.41, 5.74) is 3.45. The van der Waals surface area contributed by atoms with E-state index in [0.29, 0.717) is 0 Å². The van der Waals surface area contributed by atoms with Crippen LogP contribution in [0.1, 0.15) is 19.5 Å². The number of para-hydroxylation sites is 1. The fourth-order valence-corrected chi connectivity index (χ4v) is 2.40. The number of halogens is 1. The van der Waals surface area contributed by atoms with Crippen molar-refractivity contribution in [2.45, 2.75) is 20.3 Å². The fraction of sp³-hybridized carbons (Fsp3) is 0.308. The standard InChI is InChI=1S/C13H15IN2/c1-3-9-8-12(15-4-2)10-6-5-7-11(14)13(10)16-9/h5-8H,3-4H2,1-2H3,(H,15,16). The predicted molar refractivity (Wildman–Crippen MR) is 78.0 cm³/mol. The topological polar surface area (TPSA) is 24.9 Å². The van der Waals surface area contributed by atoms with E-state index in [1.165, 1.54) is 14.6 Å². The third-order valence-electron chi connectivity index (χ3n) is 2.57. The van der Waals surface area contributed by atoms with E-state index in [-0.39, 0.29) is 0 Å². The molecule has 0 aliphatic rings. The van der Waals surface area contributed by atoms with Crippen molar-refractivity contribution < 1.29 is 0 Å². The van der Waals surface area contributed by atoms with Gasteiger partial charge in [-0.25, -0.2) is 0 Å². The maximum atomic E-state index is 4.69. The minimum atomic E-state index is 0.938. The quantitative estimate of drug-likeness (QED) is 0.867. The zero-order chi connectivity index (χ0) is 11.5.